The number of carbonyl (C=O) groups is 1. The zero-order chi connectivity index (χ0) is 23.6. The van der Waals surface area contributed by atoms with Gasteiger partial charge in [0.25, 0.3) is 0 Å². The zero-order valence-corrected chi connectivity index (χ0v) is 18.1. The van der Waals surface area contributed by atoms with Crippen molar-refractivity contribution in [1.29, 1.82) is 0 Å². The monoisotopic (exact) mass is 475 g/mol. The van der Waals surface area contributed by atoms with Crippen molar-refractivity contribution < 1.29 is 26.4 Å². The highest BCUT2D eigenvalue weighted by Gasteiger charge is 2.46. The number of nitrogens with one attached hydrogen (secondary N) is 1. The summed E-state index contributed by atoms with van der Waals surface area (Å²) in [4.78, 5) is 15.9. The number of pyridine rings is 1. The SMILES string of the molecule is O=C(Nc1ccc(S(=O)(=O)N(Cc2ccccc2)C(F)(F)F)cc1)C1CC1c1ccncc1. The van der Waals surface area contributed by atoms with Gasteiger partial charge in [-0.1, -0.05) is 30.3 Å². The summed E-state index contributed by atoms with van der Waals surface area (Å²) in [5.74, 6) is -0.359. The minimum atomic E-state index is -5.10. The van der Waals surface area contributed by atoms with E-state index >= 15 is 0 Å². The van der Waals surface area contributed by atoms with Crippen molar-refractivity contribution in [2.75, 3.05) is 5.32 Å². The maximum Gasteiger partial charge on any atom is 0.473 e. The van der Waals surface area contributed by atoms with E-state index in [4.69, 9.17) is 0 Å². The molecule has 0 bridgehead atoms. The number of aromatic nitrogens is 1. The molecule has 0 spiro atoms. The topological polar surface area (TPSA) is 79.4 Å². The second-order valence-electron chi connectivity index (χ2n) is 7.71. The molecule has 172 valence electrons. The first-order valence-electron chi connectivity index (χ1n) is 10.1. The van der Waals surface area contributed by atoms with E-state index in [1.54, 1.807) is 18.5 Å². The maximum atomic E-state index is 13.6. The van der Waals surface area contributed by atoms with Crippen molar-refractivity contribution in [3.05, 3.63) is 90.3 Å². The Morgan fingerprint density at radius 3 is 2.24 bits per heavy atom. The number of anilines is 1. The number of hydrogen-bond acceptors (Lipinski definition) is 4. The van der Waals surface area contributed by atoms with Crippen LogP contribution in [0.4, 0.5) is 18.9 Å². The molecular weight excluding hydrogens is 455 g/mol. The van der Waals surface area contributed by atoms with Crippen LogP contribution in [0.3, 0.4) is 0 Å². The molecule has 2 aromatic carbocycles. The normalized spacial score (nSPS) is 18.2. The molecule has 1 heterocycles. The van der Waals surface area contributed by atoms with Gasteiger partial charge >= 0.3 is 6.30 Å². The lowest BCUT2D eigenvalue weighted by Gasteiger charge is -2.24. The van der Waals surface area contributed by atoms with Gasteiger partial charge in [0.1, 0.15) is 0 Å². The van der Waals surface area contributed by atoms with Crippen LogP contribution in [-0.4, -0.2) is 29.9 Å². The Bertz CT molecular complexity index is 1220. The number of carbonyl (C=O) groups excluding carboxylic acids is 1. The molecule has 1 aromatic heterocycles. The van der Waals surface area contributed by atoms with E-state index in [1.165, 1.54) is 36.4 Å². The van der Waals surface area contributed by atoms with E-state index in [1.807, 2.05) is 12.1 Å². The molecule has 0 saturated heterocycles. The molecule has 1 N–H and O–H groups in total. The predicted octanol–water partition coefficient (Wildman–Crippen LogP) is 4.53. The third-order valence-corrected chi connectivity index (χ3v) is 7.21. The highest BCUT2D eigenvalue weighted by Crippen LogP contribution is 2.47. The van der Waals surface area contributed by atoms with Gasteiger partial charge in [-0.25, -0.2) is 8.42 Å². The summed E-state index contributed by atoms with van der Waals surface area (Å²) < 4.78 is 65.8. The average molecular weight is 475 g/mol. The van der Waals surface area contributed by atoms with E-state index in [-0.39, 0.29) is 23.3 Å². The second-order valence-corrected chi connectivity index (χ2v) is 9.57. The summed E-state index contributed by atoms with van der Waals surface area (Å²) in [6, 6.07) is 15.9. The zero-order valence-electron chi connectivity index (χ0n) is 17.2. The van der Waals surface area contributed by atoms with E-state index in [0.717, 1.165) is 17.7 Å². The molecule has 0 aliphatic heterocycles. The molecule has 2 atom stereocenters. The van der Waals surface area contributed by atoms with Crippen molar-refractivity contribution in [3.8, 4) is 0 Å². The quantitative estimate of drug-likeness (QED) is 0.509. The molecular formula is C23H20F3N3O3S. The van der Waals surface area contributed by atoms with Crippen LogP contribution >= 0.6 is 0 Å². The molecule has 4 rings (SSSR count). The third-order valence-electron chi connectivity index (χ3n) is 5.42. The molecule has 1 amide bonds. The summed E-state index contributed by atoms with van der Waals surface area (Å²) in [6.07, 6.45) is -1.11. The van der Waals surface area contributed by atoms with Gasteiger partial charge in [0.05, 0.1) is 4.90 Å². The van der Waals surface area contributed by atoms with Crippen LogP contribution in [0, 0.1) is 5.92 Å². The van der Waals surface area contributed by atoms with Crippen LogP contribution in [0.25, 0.3) is 0 Å². The van der Waals surface area contributed by atoms with Gasteiger partial charge in [-0.2, -0.15) is 13.2 Å². The number of alkyl halides is 3. The Morgan fingerprint density at radius 1 is 1.00 bits per heavy atom. The molecule has 0 radical (unpaired) electrons. The molecule has 10 heteroatoms. The fraction of sp³-hybridized carbons (Fsp3) is 0.217. The summed E-state index contributed by atoms with van der Waals surface area (Å²) >= 11 is 0. The molecule has 3 aromatic rings. The first kappa shape index (κ1) is 22.9. The van der Waals surface area contributed by atoms with Crippen molar-refractivity contribution in [1.82, 2.24) is 9.29 Å². The van der Waals surface area contributed by atoms with Gasteiger partial charge in [0.2, 0.25) is 15.9 Å². The summed E-state index contributed by atoms with van der Waals surface area (Å²) in [7, 11) is -4.86. The van der Waals surface area contributed by atoms with Crippen molar-refractivity contribution in [2.24, 2.45) is 5.92 Å². The van der Waals surface area contributed by atoms with Crippen molar-refractivity contribution >= 4 is 21.6 Å². The number of nitrogens with zero attached hydrogens (tertiary/aromatic N) is 2. The summed E-state index contributed by atoms with van der Waals surface area (Å²) in [6.45, 7) is -0.844. The van der Waals surface area contributed by atoms with Gasteiger partial charge in [0.15, 0.2) is 0 Å². The van der Waals surface area contributed by atoms with Crippen molar-refractivity contribution in [2.45, 2.75) is 30.1 Å². The van der Waals surface area contributed by atoms with Gasteiger partial charge in [-0.15, -0.1) is 4.31 Å². The Labute approximate surface area is 189 Å². The Balaban J connectivity index is 1.46. The Hall–Kier alpha value is -3.24. The highest BCUT2D eigenvalue weighted by molar-refractivity contribution is 7.89. The predicted molar refractivity (Wildman–Crippen MR) is 115 cm³/mol. The van der Waals surface area contributed by atoms with Crippen LogP contribution in [0.15, 0.2) is 84.0 Å². The number of benzene rings is 2. The molecule has 1 aliphatic carbocycles. The standard InChI is InChI=1S/C23H20F3N3O3S/c24-23(25,26)29(15-16-4-2-1-3-5-16)33(31,32)19-8-6-18(7-9-19)28-22(30)21-14-20(21)17-10-12-27-13-11-17/h1-13,20-21H,14-15H2,(H,28,30). The number of rotatable bonds is 7. The van der Waals surface area contributed by atoms with Crippen LogP contribution in [0.2, 0.25) is 0 Å². The second kappa shape index (κ2) is 8.95. The van der Waals surface area contributed by atoms with E-state index in [0.29, 0.717) is 12.1 Å². The van der Waals surface area contributed by atoms with E-state index in [9.17, 15) is 26.4 Å². The van der Waals surface area contributed by atoms with Crippen molar-refractivity contribution in [3.63, 3.8) is 0 Å². The van der Waals surface area contributed by atoms with Gasteiger partial charge in [0, 0.05) is 30.5 Å². The molecule has 1 aliphatic rings. The first-order valence-corrected chi connectivity index (χ1v) is 11.5. The number of sulfonamides is 1. The maximum absolute atomic E-state index is 13.6. The van der Waals surface area contributed by atoms with Gasteiger partial charge in [-0.05, 0) is 59.9 Å². The van der Waals surface area contributed by atoms with Crippen LogP contribution in [-0.2, 0) is 21.4 Å². The molecule has 6 nitrogen and oxygen atoms in total. The average Bonchev–Trinajstić information content (AvgIpc) is 3.60. The smallest absolute Gasteiger partial charge is 0.326 e. The van der Waals surface area contributed by atoms with Gasteiger partial charge < -0.3 is 5.32 Å². The lowest BCUT2D eigenvalue weighted by molar-refractivity contribution is -0.213. The summed E-state index contributed by atoms with van der Waals surface area (Å²) in [5.41, 5.74) is 1.52. The van der Waals surface area contributed by atoms with E-state index < -0.39 is 32.1 Å². The molecule has 1 fully saturated rings. The minimum Gasteiger partial charge on any atom is -0.326 e. The molecule has 2 unspecified atom stereocenters. The fourth-order valence-corrected chi connectivity index (χ4v) is 4.92. The minimum absolute atomic E-state index is 0.0889. The lowest BCUT2D eigenvalue weighted by atomic mass is 10.1. The molecule has 33 heavy (non-hydrogen) atoms. The van der Waals surface area contributed by atoms with E-state index in [2.05, 4.69) is 10.3 Å². The number of halogens is 3. The molecule has 1 saturated carbocycles. The van der Waals surface area contributed by atoms with Crippen LogP contribution in [0.1, 0.15) is 23.5 Å². The number of amides is 1. The summed E-state index contributed by atoms with van der Waals surface area (Å²) in [5, 5.41) is 2.70. The van der Waals surface area contributed by atoms with Crippen LogP contribution < -0.4 is 5.32 Å². The Kier molecular flexibility index (Phi) is 6.22. The lowest BCUT2D eigenvalue weighted by Crippen LogP contribution is -2.42. The first-order chi connectivity index (χ1) is 15.7. The fourth-order valence-electron chi connectivity index (χ4n) is 3.60. The van der Waals surface area contributed by atoms with Gasteiger partial charge in [-0.3, -0.25) is 9.78 Å². The highest BCUT2D eigenvalue weighted by atomic mass is 32.2. The number of hydrogen-bond donors (Lipinski definition) is 1. The van der Waals surface area contributed by atoms with Crippen LogP contribution in [0.5, 0.6) is 0 Å². The third kappa shape index (κ3) is 5.23. The Morgan fingerprint density at radius 2 is 1.64 bits per heavy atom. The largest absolute Gasteiger partial charge is 0.473 e.